The van der Waals surface area contributed by atoms with Crippen LogP contribution in [0.15, 0.2) is 12.4 Å². The minimum Gasteiger partial charge on any atom is -0.290 e. The lowest BCUT2D eigenvalue weighted by Gasteiger charge is -2.08. The van der Waals surface area contributed by atoms with Crippen molar-refractivity contribution in [3.63, 3.8) is 0 Å². The molecule has 0 saturated carbocycles. The summed E-state index contributed by atoms with van der Waals surface area (Å²) < 4.78 is 0. The molecule has 0 aliphatic heterocycles. The largest absolute Gasteiger partial charge is 0.290 e. The highest BCUT2D eigenvalue weighted by Gasteiger charge is 2.17. The van der Waals surface area contributed by atoms with E-state index >= 15 is 0 Å². The van der Waals surface area contributed by atoms with Crippen molar-refractivity contribution in [1.82, 2.24) is 15.2 Å². The van der Waals surface area contributed by atoms with E-state index in [-0.39, 0.29) is 5.91 Å². The molecule has 1 aliphatic rings. The van der Waals surface area contributed by atoms with Crippen molar-refractivity contribution in [3.05, 3.63) is 27.7 Å². The van der Waals surface area contributed by atoms with Crippen molar-refractivity contribution in [2.75, 3.05) is 5.32 Å². The number of carbonyl (C=O) groups is 1. The van der Waals surface area contributed by atoms with Crippen LogP contribution in [0.3, 0.4) is 0 Å². The number of amides is 1. The first-order valence-electron chi connectivity index (χ1n) is 5.61. The number of fused-ring (bicyclic) bond motifs is 1. The SMILES string of the molecule is O=C(Nc1ncn[nH]1)c1cc2c(s1)CCCC2. The molecule has 0 unspecified atom stereocenters. The molecule has 0 atom stereocenters. The number of hydrogen-bond donors (Lipinski definition) is 2. The second kappa shape index (κ2) is 4.29. The second-order valence-corrected chi connectivity index (χ2v) is 5.19. The number of anilines is 1. The van der Waals surface area contributed by atoms with Crippen LogP contribution in [0, 0.1) is 0 Å². The first-order chi connectivity index (χ1) is 8.33. The molecule has 2 N–H and O–H groups in total. The highest BCUT2D eigenvalue weighted by molar-refractivity contribution is 7.14. The van der Waals surface area contributed by atoms with E-state index in [1.54, 1.807) is 11.3 Å². The zero-order valence-electron chi connectivity index (χ0n) is 9.19. The van der Waals surface area contributed by atoms with Crippen molar-refractivity contribution in [1.29, 1.82) is 0 Å². The zero-order valence-corrected chi connectivity index (χ0v) is 10.0. The van der Waals surface area contributed by atoms with Crippen molar-refractivity contribution in [3.8, 4) is 0 Å². The summed E-state index contributed by atoms with van der Waals surface area (Å²) in [5.74, 6) is 0.280. The van der Waals surface area contributed by atoms with E-state index in [4.69, 9.17) is 0 Å². The molecule has 17 heavy (non-hydrogen) atoms. The molecule has 2 heterocycles. The molecule has 5 nitrogen and oxygen atoms in total. The second-order valence-electron chi connectivity index (χ2n) is 4.05. The van der Waals surface area contributed by atoms with E-state index in [0.29, 0.717) is 5.95 Å². The van der Waals surface area contributed by atoms with Crippen LogP contribution >= 0.6 is 11.3 Å². The summed E-state index contributed by atoms with van der Waals surface area (Å²) in [5.41, 5.74) is 1.34. The van der Waals surface area contributed by atoms with Crippen LogP contribution < -0.4 is 5.32 Å². The summed E-state index contributed by atoms with van der Waals surface area (Å²) in [6, 6.07) is 2.00. The Morgan fingerprint density at radius 3 is 3.06 bits per heavy atom. The highest BCUT2D eigenvalue weighted by atomic mass is 32.1. The van der Waals surface area contributed by atoms with Gasteiger partial charge in [0.2, 0.25) is 5.95 Å². The van der Waals surface area contributed by atoms with Gasteiger partial charge in [0.1, 0.15) is 6.33 Å². The van der Waals surface area contributed by atoms with Gasteiger partial charge in [0.05, 0.1) is 4.88 Å². The van der Waals surface area contributed by atoms with E-state index in [1.165, 1.54) is 29.6 Å². The van der Waals surface area contributed by atoms with Crippen LogP contribution in [0.1, 0.15) is 33.0 Å². The van der Waals surface area contributed by atoms with Gasteiger partial charge in [-0.25, -0.2) is 5.10 Å². The molecule has 2 aromatic heterocycles. The first kappa shape index (κ1) is 10.5. The molecule has 3 rings (SSSR count). The fraction of sp³-hybridized carbons (Fsp3) is 0.364. The lowest BCUT2D eigenvalue weighted by atomic mass is 9.99. The number of nitrogens with one attached hydrogen (secondary N) is 2. The number of rotatable bonds is 2. The first-order valence-corrected chi connectivity index (χ1v) is 6.43. The summed E-state index contributed by atoms with van der Waals surface area (Å²) in [6.07, 6.45) is 6.04. The molecule has 88 valence electrons. The number of aryl methyl sites for hydroxylation is 2. The molecule has 0 saturated heterocycles. The fourth-order valence-corrected chi connectivity index (χ4v) is 3.19. The van der Waals surface area contributed by atoms with Gasteiger partial charge in [-0.1, -0.05) is 0 Å². The normalized spacial score (nSPS) is 14.4. The molecule has 0 fully saturated rings. The quantitative estimate of drug-likeness (QED) is 0.854. The molecule has 1 amide bonds. The number of carbonyl (C=O) groups excluding carboxylic acids is 1. The summed E-state index contributed by atoms with van der Waals surface area (Å²) in [5, 5.41) is 8.99. The number of aromatic amines is 1. The van der Waals surface area contributed by atoms with Crippen molar-refractivity contribution >= 4 is 23.2 Å². The number of hydrogen-bond acceptors (Lipinski definition) is 4. The van der Waals surface area contributed by atoms with E-state index in [1.807, 2.05) is 6.07 Å². The van der Waals surface area contributed by atoms with Crippen LogP contribution in [0.5, 0.6) is 0 Å². The van der Waals surface area contributed by atoms with Gasteiger partial charge in [0.15, 0.2) is 0 Å². The molecule has 0 aromatic carbocycles. The van der Waals surface area contributed by atoms with Gasteiger partial charge in [-0.05, 0) is 37.3 Å². The van der Waals surface area contributed by atoms with Gasteiger partial charge in [-0.2, -0.15) is 10.1 Å². The van der Waals surface area contributed by atoms with E-state index in [2.05, 4.69) is 20.5 Å². The number of nitrogens with zero attached hydrogens (tertiary/aromatic N) is 2. The van der Waals surface area contributed by atoms with Gasteiger partial charge in [0.25, 0.3) is 5.91 Å². The highest BCUT2D eigenvalue weighted by Crippen LogP contribution is 2.29. The Morgan fingerprint density at radius 2 is 2.29 bits per heavy atom. The summed E-state index contributed by atoms with van der Waals surface area (Å²) in [4.78, 5) is 17.9. The van der Waals surface area contributed by atoms with Crippen LogP contribution in [-0.4, -0.2) is 21.1 Å². The maximum atomic E-state index is 11.9. The third-order valence-corrected chi connectivity index (χ3v) is 4.10. The predicted molar refractivity (Wildman–Crippen MR) is 65.3 cm³/mol. The van der Waals surface area contributed by atoms with Gasteiger partial charge < -0.3 is 0 Å². The third kappa shape index (κ3) is 2.08. The van der Waals surface area contributed by atoms with Gasteiger partial charge in [-0.15, -0.1) is 11.3 Å². The predicted octanol–water partition coefficient (Wildman–Crippen LogP) is 2.00. The minimum atomic E-state index is -0.110. The molecule has 2 aromatic rings. The molecule has 1 aliphatic carbocycles. The zero-order chi connectivity index (χ0) is 11.7. The van der Waals surface area contributed by atoms with Gasteiger partial charge in [0, 0.05) is 4.88 Å². The number of aromatic nitrogens is 3. The third-order valence-electron chi connectivity index (χ3n) is 2.87. The van der Waals surface area contributed by atoms with Crippen LogP contribution in [0.2, 0.25) is 0 Å². The number of thiophene rings is 1. The Hall–Kier alpha value is -1.69. The maximum absolute atomic E-state index is 11.9. The summed E-state index contributed by atoms with van der Waals surface area (Å²) in [6.45, 7) is 0. The Balaban J connectivity index is 1.79. The maximum Gasteiger partial charge on any atom is 0.268 e. The van der Waals surface area contributed by atoms with Crippen molar-refractivity contribution in [2.45, 2.75) is 25.7 Å². The smallest absolute Gasteiger partial charge is 0.268 e. The van der Waals surface area contributed by atoms with E-state index in [0.717, 1.165) is 17.7 Å². The molecular formula is C11H12N4OS. The molecule has 0 radical (unpaired) electrons. The van der Waals surface area contributed by atoms with Crippen LogP contribution in [0.4, 0.5) is 5.95 Å². The lowest BCUT2D eigenvalue weighted by Crippen LogP contribution is -2.11. The fourth-order valence-electron chi connectivity index (χ4n) is 2.04. The minimum absolute atomic E-state index is 0.110. The monoisotopic (exact) mass is 248 g/mol. The molecule has 6 heteroatoms. The summed E-state index contributed by atoms with van der Waals surface area (Å²) in [7, 11) is 0. The average molecular weight is 248 g/mol. The molecule has 0 bridgehead atoms. The standard InChI is InChI=1S/C11H12N4OS/c16-10(14-11-12-6-13-15-11)9-5-7-3-1-2-4-8(7)17-9/h5-6H,1-4H2,(H2,12,13,14,15,16). The average Bonchev–Trinajstić information content (AvgIpc) is 2.96. The Kier molecular flexibility index (Phi) is 2.64. The molecule has 0 spiro atoms. The molecular weight excluding hydrogens is 236 g/mol. The Bertz CT molecular complexity index is 508. The van der Waals surface area contributed by atoms with Crippen LogP contribution in [-0.2, 0) is 12.8 Å². The van der Waals surface area contributed by atoms with Crippen LogP contribution in [0.25, 0.3) is 0 Å². The van der Waals surface area contributed by atoms with E-state index < -0.39 is 0 Å². The summed E-state index contributed by atoms with van der Waals surface area (Å²) >= 11 is 1.59. The van der Waals surface area contributed by atoms with E-state index in [9.17, 15) is 4.79 Å². The van der Waals surface area contributed by atoms with Crippen molar-refractivity contribution < 1.29 is 4.79 Å². The lowest BCUT2D eigenvalue weighted by molar-refractivity contribution is 0.102. The Morgan fingerprint density at radius 1 is 1.41 bits per heavy atom. The number of H-pyrrole nitrogens is 1. The topological polar surface area (TPSA) is 70.7 Å². The van der Waals surface area contributed by atoms with Gasteiger partial charge >= 0.3 is 0 Å². The van der Waals surface area contributed by atoms with Crippen molar-refractivity contribution in [2.24, 2.45) is 0 Å². The Labute approximate surface area is 102 Å². The van der Waals surface area contributed by atoms with Gasteiger partial charge in [-0.3, -0.25) is 10.1 Å².